The summed E-state index contributed by atoms with van der Waals surface area (Å²) in [4.78, 5) is 0. The molecule has 0 saturated carbocycles. The lowest BCUT2D eigenvalue weighted by atomic mass is 10.0. The van der Waals surface area contributed by atoms with Gasteiger partial charge in [0.15, 0.2) is 0 Å². The van der Waals surface area contributed by atoms with Crippen molar-refractivity contribution in [3.8, 4) is 5.75 Å². The van der Waals surface area contributed by atoms with Crippen LogP contribution in [0.25, 0.3) is 0 Å². The standard InChI is InChI=1S/C15H13ClF2O/c1-2-19-12-9-7-11(8-10-12)15(17,18)13-5-3-4-6-14(13)16/h3-10H,2H2,1H3. The Kier molecular flexibility index (Phi) is 4.05. The zero-order valence-corrected chi connectivity index (χ0v) is 11.1. The Hall–Kier alpha value is -1.61. The molecule has 0 atom stereocenters. The van der Waals surface area contributed by atoms with Gasteiger partial charge in [-0.1, -0.05) is 29.8 Å². The van der Waals surface area contributed by atoms with Crippen LogP contribution in [0.4, 0.5) is 8.78 Å². The van der Waals surface area contributed by atoms with E-state index in [0.29, 0.717) is 12.4 Å². The summed E-state index contributed by atoms with van der Waals surface area (Å²) >= 11 is 5.83. The molecule has 0 N–H and O–H groups in total. The van der Waals surface area contributed by atoms with E-state index >= 15 is 0 Å². The Labute approximate surface area is 115 Å². The number of hydrogen-bond donors (Lipinski definition) is 0. The van der Waals surface area contributed by atoms with Crippen molar-refractivity contribution in [1.29, 1.82) is 0 Å². The van der Waals surface area contributed by atoms with Crippen molar-refractivity contribution in [1.82, 2.24) is 0 Å². The molecule has 0 amide bonds. The van der Waals surface area contributed by atoms with Crippen molar-refractivity contribution in [2.75, 3.05) is 6.61 Å². The number of rotatable bonds is 4. The quantitative estimate of drug-likeness (QED) is 0.777. The highest BCUT2D eigenvalue weighted by molar-refractivity contribution is 6.31. The Bertz CT molecular complexity index is 552. The second kappa shape index (κ2) is 5.57. The molecule has 2 aromatic carbocycles. The summed E-state index contributed by atoms with van der Waals surface area (Å²) in [5.41, 5.74) is -0.301. The lowest BCUT2D eigenvalue weighted by Gasteiger charge is -2.18. The van der Waals surface area contributed by atoms with Crippen molar-refractivity contribution in [2.24, 2.45) is 0 Å². The highest BCUT2D eigenvalue weighted by Crippen LogP contribution is 2.39. The molecule has 1 nitrogen and oxygen atoms in total. The number of halogens is 3. The SMILES string of the molecule is CCOc1ccc(C(F)(F)c2ccccc2Cl)cc1. The second-order valence-electron chi connectivity index (χ2n) is 4.01. The fourth-order valence-electron chi connectivity index (χ4n) is 1.80. The molecule has 0 unspecified atom stereocenters. The normalized spacial score (nSPS) is 11.4. The molecule has 0 heterocycles. The Morgan fingerprint density at radius 1 is 1.05 bits per heavy atom. The average Bonchev–Trinajstić information content (AvgIpc) is 2.40. The van der Waals surface area contributed by atoms with Gasteiger partial charge in [-0.05, 0) is 37.3 Å². The van der Waals surface area contributed by atoms with Crippen LogP contribution in [-0.4, -0.2) is 6.61 Å². The largest absolute Gasteiger partial charge is 0.494 e. The summed E-state index contributed by atoms with van der Waals surface area (Å²) in [6.45, 7) is 2.34. The minimum Gasteiger partial charge on any atom is -0.494 e. The summed E-state index contributed by atoms with van der Waals surface area (Å²) in [7, 11) is 0. The van der Waals surface area contributed by atoms with E-state index in [1.807, 2.05) is 6.92 Å². The van der Waals surface area contributed by atoms with Gasteiger partial charge in [0, 0.05) is 11.1 Å². The fraction of sp³-hybridized carbons (Fsp3) is 0.200. The van der Waals surface area contributed by atoms with E-state index in [1.54, 1.807) is 12.1 Å². The molecule has 0 bridgehead atoms. The van der Waals surface area contributed by atoms with Gasteiger partial charge in [-0.2, -0.15) is 8.78 Å². The van der Waals surface area contributed by atoms with Crippen LogP contribution in [0.1, 0.15) is 18.1 Å². The molecule has 0 spiro atoms. The van der Waals surface area contributed by atoms with Crippen molar-refractivity contribution < 1.29 is 13.5 Å². The first-order chi connectivity index (χ1) is 9.05. The van der Waals surface area contributed by atoms with Crippen LogP contribution >= 0.6 is 11.6 Å². The van der Waals surface area contributed by atoms with Gasteiger partial charge < -0.3 is 4.74 Å². The Morgan fingerprint density at radius 2 is 1.68 bits per heavy atom. The molecule has 0 fully saturated rings. The predicted molar refractivity (Wildman–Crippen MR) is 72.1 cm³/mol. The second-order valence-corrected chi connectivity index (χ2v) is 4.42. The Balaban J connectivity index is 2.36. The summed E-state index contributed by atoms with van der Waals surface area (Å²) in [6.07, 6.45) is 0. The minimum atomic E-state index is -3.12. The maximum atomic E-state index is 14.3. The van der Waals surface area contributed by atoms with Crippen LogP contribution in [0.2, 0.25) is 5.02 Å². The molecule has 19 heavy (non-hydrogen) atoms. The first kappa shape index (κ1) is 13.8. The molecule has 0 radical (unpaired) electrons. The third kappa shape index (κ3) is 2.87. The lowest BCUT2D eigenvalue weighted by Crippen LogP contribution is -2.15. The van der Waals surface area contributed by atoms with Crippen LogP contribution < -0.4 is 4.74 Å². The smallest absolute Gasteiger partial charge is 0.299 e. The fourth-order valence-corrected chi connectivity index (χ4v) is 2.05. The van der Waals surface area contributed by atoms with Gasteiger partial charge in [0.2, 0.25) is 0 Å². The first-order valence-corrected chi connectivity index (χ1v) is 6.29. The molecular formula is C15H13ClF2O. The van der Waals surface area contributed by atoms with Gasteiger partial charge >= 0.3 is 0 Å². The number of benzene rings is 2. The maximum Gasteiger partial charge on any atom is 0.299 e. The van der Waals surface area contributed by atoms with Crippen molar-refractivity contribution >= 4 is 11.6 Å². The summed E-state index contributed by atoms with van der Waals surface area (Å²) in [5.74, 6) is -2.55. The van der Waals surface area contributed by atoms with E-state index in [4.69, 9.17) is 16.3 Å². The number of ether oxygens (including phenoxy) is 1. The molecule has 0 saturated heterocycles. The third-order valence-corrected chi connectivity index (χ3v) is 3.07. The summed E-state index contributed by atoms with van der Waals surface area (Å²) in [6, 6.07) is 11.7. The average molecular weight is 283 g/mol. The molecule has 0 aliphatic heterocycles. The van der Waals surface area contributed by atoms with E-state index in [0.717, 1.165) is 0 Å². The number of alkyl halides is 2. The summed E-state index contributed by atoms with van der Waals surface area (Å²) in [5, 5.41) is 0.0568. The first-order valence-electron chi connectivity index (χ1n) is 5.92. The van der Waals surface area contributed by atoms with Crippen molar-refractivity contribution in [3.63, 3.8) is 0 Å². The van der Waals surface area contributed by atoms with E-state index in [9.17, 15) is 8.78 Å². The van der Waals surface area contributed by atoms with E-state index in [1.165, 1.54) is 36.4 Å². The summed E-state index contributed by atoms with van der Waals surface area (Å²) < 4.78 is 33.9. The van der Waals surface area contributed by atoms with Gasteiger partial charge in [-0.25, -0.2) is 0 Å². The topological polar surface area (TPSA) is 9.23 Å². The maximum absolute atomic E-state index is 14.3. The molecule has 0 aliphatic rings. The molecule has 100 valence electrons. The predicted octanol–water partition coefficient (Wildman–Crippen LogP) is 4.88. The van der Waals surface area contributed by atoms with Gasteiger partial charge in [-0.15, -0.1) is 0 Å². The number of hydrogen-bond acceptors (Lipinski definition) is 1. The van der Waals surface area contributed by atoms with Gasteiger partial charge in [-0.3, -0.25) is 0 Å². The molecule has 0 aromatic heterocycles. The van der Waals surface area contributed by atoms with E-state index in [-0.39, 0.29) is 16.1 Å². The Morgan fingerprint density at radius 3 is 2.26 bits per heavy atom. The van der Waals surface area contributed by atoms with Crippen LogP contribution in [0, 0.1) is 0 Å². The molecular weight excluding hydrogens is 270 g/mol. The van der Waals surface area contributed by atoms with Crippen LogP contribution in [0.15, 0.2) is 48.5 Å². The van der Waals surface area contributed by atoms with E-state index in [2.05, 4.69) is 0 Å². The van der Waals surface area contributed by atoms with Crippen molar-refractivity contribution in [3.05, 3.63) is 64.7 Å². The molecule has 0 aliphatic carbocycles. The van der Waals surface area contributed by atoms with Gasteiger partial charge in [0.25, 0.3) is 5.92 Å². The van der Waals surface area contributed by atoms with Gasteiger partial charge in [0.05, 0.1) is 11.6 Å². The van der Waals surface area contributed by atoms with Crippen molar-refractivity contribution in [2.45, 2.75) is 12.8 Å². The highest BCUT2D eigenvalue weighted by atomic mass is 35.5. The van der Waals surface area contributed by atoms with Crippen LogP contribution in [0.5, 0.6) is 5.75 Å². The van der Waals surface area contributed by atoms with Crippen LogP contribution in [0.3, 0.4) is 0 Å². The minimum absolute atomic E-state index is 0.0568. The van der Waals surface area contributed by atoms with E-state index < -0.39 is 5.92 Å². The third-order valence-electron chi connectivity index (χ3n) is 2.74. The molecule has 2 rings (SSSR count). The monoisotopic (exact) mass is 282 g/mol. The molecule has 4 heteroatoms. The van der Waals surface area contributed by atoms with Gasteiger partial charge in [0.1, 0.15) is 5.75 Å². The zero-order chi connectivity index (χ0) is 13.9. The lowest BCUT2D eigenvalue weighted by molar-refractivity contribution is 0.0429. The van der Waals surface area contributed by atoms with Crippen LogP contribution in [-0.2, 0) is 5.92 Å². The highest BCUT2D eigenvalue weighted by Gasteiger charge is 2.35. The zero-order valence-electron chi connectivity index (χ0n) is 10.4. The molecule has 2 aromatic rings.